The summed E-state index contributed by atoms with van der Waals surface area (Å²) in [6.45, 7) is 0.753. The van der Waals surface area contributed by atoms with Crippen molar-refractivity contribution in [2.75, 3.05) is 6.54 Å². The zero-order valence-corrected chi connectivity index (χ0v) is 8.87. The zero-order chi connectivity index (χ0) is 9.31. The number of hydrogen-bond acceptors (Lipinski definition) is 2. The molecule has 0 aromatic heterocycles. The Morgan fingerprint density at radius 3 is 2.62 bits per heavy atom. The Kier molecular flexibility index (Phi) is 2.54. The highest BCUT2D eigenvalue weighted by Gasteiger charge is 2.42. The molecule has 0 heterocycles. The molecule has 2 N–H and O–H groups in total. The third-order valence-electron chi connectivity index (χ3n) is 2.34. The summed E-state index contributed by atoms with van der Waals surface area (Å²) in [5.74, 6) is 0. The molecular formula is C10H12ClNS. The van der Waals surface area contributed by atoms with Crippen LogP contribution in [-0.4, -0.2) is 11.3 Å². The van der Waals surface area contributed by atoms with Crippen molar-refractivity contribution in [1.29, 1.82) is 0 Å². The normalized spacial score (nSPS) is 18.6. The van der Waals surface area contributed by atoms with Crippen LogP contribution in [0.15, 0.2) is 29.2 Å². The SMILES string of the molecule is NCC1(Sc2ccccc2Cl)CC1. The van der Waals surface area contributed by atoms with Crippen molar-refractivity contribution in [3.63, 3.8) is 0 Å². The van der Waals surface area contributed by atoms with Crippen LogP contribution in [0.5, 0.6) is 0 Å². The van der Waals surface area contributed by atoms with E-state index in [2.05, 4.69) is 6.07 Å². The molecule has 0 aliphatic heterocycles. The summed E-state index contributed by atoms with van der Waals surface area (Å²) in [4.78, 5) is 1.16. The summed E-state index contributed by atoms with van der Waals surface area (Å²) in [6.07, 6.45) is 2.44. The van der Waals surface area contributed by atoms with Crippen LogP contribution in [0.2, 0.25) is 5.02 Å². The molecule has 1 nitrogen and oxygen atoms in total. The maximum absolute atomic E-state index is 6.05. The Bertz CT molecular complexity index is 310. The topological polar surface area (TPSA) is 26.0 Å². The van der Waals surface area contributed by atoms with E-state index in [0.717, 1.165) is 16.5 Å². The molecule has 2 rings (SSSR count). The van der Waals surface area contributed by atoms with Crippen LogP contribution < -0.4 is 5.73 Å². The van der Waals surface area contributed by atoms with Crippen molar-refractivity contribution in [2.45, 2.75) is 22.5 Å². The van der Waals surface area contributed by atoms with Crippen molar-refractivity contribution < 1.29 is 0 Å². The number of hydrogen-bond donors (Lipinski definition) is 1. The molecule has 0 spiro atoms. The molecule has 1 aliphatic carbocycles. The van der Waals surface area contributed by atoms with Gasteiger partial charge in [0, 0.05) is 16.2 Å². The molecular weight excluding hydrogens is 202 g/mol. The van der Waals surface area contributed by atoms with Crippen LogP contribution in [0.3, 0.4) is 0 Å². The Morgan fingerprint density at radius 1 is 1.38 bits per heavy atom. The van der Waals surface area contributed by atoms with Gasteiger partial charge in [0.05, 0.1) is 5.02 Å². The third-order valence-corrected chi connectivity index (χ3v) is 4.37. The fourth-order valence-electron chi connectivity index (χ4n) is 1.25. The molecule has 70 valence electrons. The molecule has 3 heteroatoms. The van der Waals surface area contributed by atoms with Crippen molar-refractivity contribution in [1.82, 2.24) is 0 Å². The molecule has 0 radical (unpaired) electrons. The smallest absolute Gasteiger partial charge is 0.0542 e. The molecule has 1 aliphatic rings. The number of nitrogens with two attached hydrogens (primary N) is 1. The molecule has 1 fully saturated rings. The lowest BCUT2D eigenvalue weighted by molar-refractivity contribution is 0.900. The lowest BCUT2D eigenvalue weighted by atomic mass is 10.4. The first-order valence-corrected chi connectivity index (χ1v) is 5.59. The summed E-state index contributed by atoms with van der Waals surface area (Å²) in [6, 6.07) is 7.95. The predicted octanol–water partition coefficient (Wildman–Crippen LogP) is 2.92. The average molecular weight is 214 g/mol. The van der Waals surface area contributed by atoms with Gasteiger partial charge in [-0.1, -0.05) is 23.7 Å². The fourth-order valence-corrected chi connectivity index (χ4v) is 2.67. The molecule has 1 saturated carbocycles. The van der Waals surface area contributed by atoms with Crippen molar-refractivity contribution >= 4 is 23.4 Å². The maximum Gasteiger partial charge on any atom is 0.0542 e. The molecule has 13 heavy (non-hydrogen) atoms. The highest BCUT2D eigenvalue weighted by Crippen LogP contribution is 2.52. The molecule has 1 aromatic carbocycles. The summed E-state index contributed by atoms with van der Waals surface area (Å²) in [5.41, 5.74) is 5.70. The Morgan fingerprint density at radius 2 is 2.08 bits per heavy atom. The third kappa shape index (κ3) is 2.01. The van der Waals surface area contributed by atoms with Gasteiger partial charge in [-0.05, 0) is 25.0 Å². The van der Waals surface area contributed by atoms with E-state index in [1.54, 1.807) is 0 Å². The van der Waals surface area contributed by atoms with Gasteiger partial charge in [-0.15, -0.1) is 11.8 Å². The minimum Gasteiger partial charge on any atom is -0.329 e. The lowest BCUT2D eigenvalue weighted by Gasteiger charge is -2.12. The van der Waals surface area contributed by atoms with E-state index in [1.807, 2.05) is 30.0 Å². The molecule has 0 amide bonds. The van der Waals surface area contributed by atoms with Gasteiger partial charge < -0.3 is 5.73 Å². The molecule has 1 aromatic rings. The summed E-state index contributed by atoms with van der Waals surface area (Å²) >= 11 is 7.88. The predicted molar refractivity (Wildman–Crippen MR) is 58.3 cm³/mol. The number of rotatable bonds is 3. The lowest BCUT2D eigenvalue weighted by Crippen LogP contribution is -2.17. The number of halogens is 1. The second-order valence-electron chi connectivity index (χ2n) is 3.42. The van der Waals surface area contributed by atoms with Gasteiger partial charge >= 0.3 is 0 Å². The first-order valence-electron chi connectivity index (χ1n) is 4.39. The van der Waals surface area contributed by atoms with Crippen LogP contribution in [0.4, 0.5) is 0 Å². The van der Waals surface area contributed by atoms with Crippen LogP contribution in [0.25, 0.3) is 0 Å². The largest absolute Gasteiger partial charge is 0.329 e. The molecule has 0 bridgehead atoms. The quantitative estimate of drug-likeness (QED) is 0.836. The highest BCUT2D eigenvalue weighted by atomic mass is 35.5. The second-order valence-corrected chi connectivity index (χ2v) is 5.34. The molecule has 0 saturated heterocycles. The average Bonchev–Trinajstić information content (AvgIpc) is 2.90. The Hall–Kier alpha value is -0.180. The second kappa shape index (κ2) is 3.52. The van der Waals surface area contributed by atoms with Crippen LogP contribution >= 0.6 is 23.4 Å². The first-order chi connectivity index (χ1) is 6.26. The minimum absolute atomic E-state index is 0.297. The minimum atomic E-state index is 0.297. The van der Waals surface area contributed by atoms with E-state index >= 15 is 0 Å². The van der Waals surface area contributed by atoms with E-state index in [0.29, 0.717) is 4.75 Å². The standard InChI is InChI=1S/C10H12ClNS/c11-8-3-1-2-4-9(8)13-10(7-12)5-6-10/h1-4H,5-7,12H2. The number of thioether (sulfide) groups is 1. The first kappa shape index (κ1) is 9.38. The van der Waals surface area contributed by atoms with Crippen molar-refractivity contribution in [3.05, 3.63) is 29.3 Å². The highest BCUT2D eigenvalue weighted by molar-refractivity contribution is 8.01. The zero-order valence-electron chi connectivity index (χ0n) is 7.29. The van der Waals surface area contributed by atoms with Gasteiger partial charge in [0.25, 0.3) is 0 Å². The van der Waals surface area contributed by atoms with E-state index in [9.17, 15) is 0 Å². The van der Waals surface area contributed by atoms with Gasteiger partial charge in [0.2, 0.25) is 0 Å². The van der Waals surface area contributed by atoms with Gasteiger partial charge in [0.1, 0.15) is 0 Å². The van der Waals surface area contributed by atoms with Crippen molar-refractivity contribution in [3.8, 4) is 0 Å². The van der Waals surface area contributed by atoms with Gasteiger partial charge in [0.15, 0.2) is 0 Å². The van der Waals surface area contributed by atoms with Crippen molar-refractivity contribution in [2.24, 2.45) is 5.73 Å². The Labute approximate surface area is 87.7 Å². The summed E-state index contributed by atoms with van der Waals surface area (Å²) < 4.78 is 0.297. The molecule has 0 atom stereocenters. The monoisotopic (exact) mass is 213 g/mol. The van der Waals surface area contributed by atoms with E-state index in [-0.39, 0.29) is 0 Å². The van der Waals surface area contributed by atoms with E-state index in [4.69, 9.17) is 17.3 Å². The van der Waals surface area contributed by atoms with Crippen LogP contribution in [-0.2, 0) is 0 Å². The van der Waals surface area contributed by atoms with Gasteiger partial charge in [-0.3, -0.25) is 0 Å². The summed E-state index contributed by atoms with van der Waals surface area (Å²) in [7, 11) is 0. The van der Waals surface area contributed by atoms with Crippen LogP contribution in [0, 0.1) is 0 Å². The fraction of sp³-hybridized carbons (Fsp3) is 0.400. The Balaban J connectivity index is 2.14. The number of benzene rings is 1. The van der Waals surface area contributed by atoms with Gasteiger partial charge in [-0.2, -0.15) is 0 Å². The maximum atomic E-state index is 6.05. The van der Waals surface area contributed by atoms with E-state index < -0.39 is 0 Å². The summed E-state index contributed by atoms with van der Waals surface area (Å²) in [5, 5.41) is 0.840. The van der Waals surface area contributed by atoms with Gasteiger partial charge in [-0.25, -0.2) is 0 Å². The van der Waals surface area contributed by atoms with E-state index in [1.165, 1.54) is 12.8 Å². The van der Waals surface area contributed by atoms with Crippen LogP contribution in [0.1, 0.15) is 12.8 Å². The molecule has 0 unspecified atom stereocenters.